The number of rotatable bonds is 3. The van der Waals surface area contributed by atoms with E-state index < -0.39 is 5.97 Å². The van der Waals surface area contributed by atoms with Gasteiger partial charge in [0.1, 0.15) is 5.69 Å². The average Bonchev–Trinajstić information content (AvgIpc) is 3.27. The van der Waals surface area contributed by atoms with Gasteiger partial charge in [0.05, 0.1) is 5.57 Å². The Morgan fingerprint density at radius 3 is 2.59 bits per heavy atom. The lowest BCUT2D eigenvalue weighted by molar-refractivity contribution is -0.110. The zero-order valence-corrected chi connectivity index (χ0v) is 15.7. The summed E-state index contributed by atoms with van der Waals surface area (Å²) < 4.78 is 0. The highest BCUT2D eigenvalue weighted by molar-refractivity contribution is 6.36. The van der Waals surface area contributed by atoms with E-state index in [1.165, 1.54) is 0 Å². The molecular formula is C23H19N3O3. The first-order valence-corrected chi connectivity index (χ1v) is 9.67. The Morgan fingerprint density at radius 1 is 1.07 bits per heavy atom. The number of anilines is 1. The number of H-pyrrole nitrogens is 1. The first-order valence-electron chi connectivity index (χ1n) is 9.67. The fraction of sp³-hybridized carbons (Fsp3) is 0.174. The van der Waals surface area contributed by atoms with E-state index >= 15 is 0 Å². The van der Waals surface area contributed by atoms with Gasteiger partial charge in [-0.15, -0.1) is 0 Å². The van der Waals surface area contributed by atoms with E-state index in [2.05, 4.69) is 15.3 Å². The van der Waals surface area contributed by atoms with Crippen LogP contribution in [0.15, 0.2) is 42.7 Å². The summed E-state index contributed by atoms with van der Waals surface area (Å²) in [7, 11) is 0. The van der Waals surface area contributed by atoms with Crippen LogP contribution in [0.4, 0.5) is 5.69 Å². The number of benzene rings is 1. The van der Waals surface area contributed by atoms with Crippen LogP contribution in [0.2, 0.25) is 0 Å². The molecule has 6 nitrogen and oxygen atoms in total. The molecule has 0 saturated heterocycles. The second kappa shape index (κ2) is 6.74. The lowest BCUT2D eigenvalue weighted by Crippen LogP contribution is -2.06. The summed E-state index contributed by atoms with van der Waals surface area (Å²) in [4.78, 5) is 31.6. The predicted octanol–water partition coefficient (Wildman–Crippen LogP) is 4.15. The number of carboxylic acid groups (broad SMARTS) is 1. The molecule has 1 aliphatic heterocycles. The number of fused-ring (bicyclic) bond motifs is 2. The maximum atomic E-state index is 12.8. The summed E-state index contributed by atoms with van der Waals surface area (Å²) in [6, 6.07) is 9.60. The number of nitrogens with zero attached hydrogens (tertiary/aromatic N) is 1. The van der Waals surface area contributed by atoms with E-state index in [9.17, 15) is 14.7 Å². The lowest BCUT2D eigenvalue weighted by Gasteiger charge is -2.12. The van der Waals surface area contributed by atoms with Crippen molar-refractivity contribution in [3.63, 3.8) is 0 Å². The number of pyridine rings is 1. The third kappa shape index (κ3) is 2.84. The Hall–Kier alpha value is -3.67. The van der Waals surface area contributed by atoms with Crippen LogP contribution in [-0.4, -0.2) is 27.0 Å². The van der Waals surface area contributed by atoms with Gasteiger partial charge in [-0.05, 0) is 72.2 Å². The smallest absolute Gasteiger partial charge is 0.352 e. The van der Waals surface area contributed by atoms with Gasteiger partial charge in [-0.25, -0.2) is 4.79 Å². The van der Waals surface area contributed by atoms with Crippen LogP contribution >= 0.6 is 0 Å². The van der Waals surface area contributed by atoms with Gasteiger partial charge >= 0.3 is 5.97 Å². The number of amides is 1. The highest BCUT2D eigenvalue weighted by atomic mass is 16.4. The van der Waals surface area contributed by atoms with Crippen molar-refractivity contribution in [3.05, 3.63) is 70.8 Å². The quantitative estimate of drug-likeness (QED) is 0.590. The van der Waals surface area contributed by atoms with Gasteiger partial charge in [-0.3, -0.25) is 9.78 Å². The molecular weight excluding hydrogens is 366 g/mol. The van der Waals surface area contributed by atoms with Crippen molar-refractivity contribution in [1.29, 1.82) is 0 Å². The van der Waals surface area contributed by atoms with Gasteiger partial charge in [0.25, 0.3) is 5.91 Å². The van der Waals surface area contributed by atoms with Gasteiger partial charge in [0, 0.05) is 29.3 Å². The Bertz CT molecular complexity index is 1180. The average molecular weight is 385 g/mol. The summed E-state index contributed by atoms with van der Waals surface area (Å²) in [5, 5.41) is 12.5. The minimum Gasteiger partial charge on any atom is -0.477 e. The molecule has 2 aliphatic rings. The largest absolute Gasteiger partial charge is 0.477 e. The molecule has 0 saturated carbocycles. The maximum absolute atomic E-state index is 12.8. The van der Waals surface area contributed by atoms with Crippen molar-refractivity contribution in [3.8, 4) is 11.1 Å². The van der Waals surface area contributed by atoms with Crippen LogP contribution in [0.3, 0.4) is 0 Å². The van der Waals surface area contributed by atoms with Crippen LogP contribution in [0, 0.1) is 0 Å². The summed E-state index contributed by atoms with van der Waals surface area (Å²) in [6.07, 6.45) is 8.83. The molecule has 0 radical (unpaired) electrons. The van der Waals surface area contributed by atoms with Crippen LogP contribution in [0.1, 0.15) is 45.7 Å². The Kier molecular flexibility index (Phi) is 4.05. The monoisotopic (exact) mass is 385 g/mol. The number of carbonyl (C=O) groups is 2. The van der Waals surface area contributed by atoms with Gasteiger partial charge in [0.15, 0.2) is 0 Å². The number of nitrogens with one attached hydrogen (secondary N) is 2. The third-order valence-electron chi connectivity index (χ3n) is 5.67. The molecule has 0 bridgehead atoms. The van der Waals surface area contributed by atoms with Crippen molar-refractivity contribution in [2.75, 3.05) is 5.32 Å². The summed E-state index contributed by atoms with van der Waals surface area (Å²) in [5.41, 5.74) is 6.90. The fourth-order valence-corrected chi connectivity index (χ4v) is 4.37. The van der Waals surface area contributed by atoms with Crippen LogP contribution in [0.25, 0.3) is 22.8 Å². The SMILES string of the molecule is O=C1Nc2cccc(-c3ccncc3)c2C1=Cc1[nH]c(C(=O)O)c2c1CCCC2. The standard InChI is InChI=1S/C23H19N3O3/c27-22-17(12-19-15-4-1-2-5-16(15)21(25-19)23(28)29)20-14(6-3-7-18(20)26-22)13-8-10-24-11-9-13/h3,6-12,25H,1-2,4-5H2,(H,26,27)(H,28,29). The minimum atomic E-state index is -0.957. The Balaban J connectivity index is 1.70. The van der Waals surface area contributed by atoms with E-state index in [4.69, 9.17) is 0 Å². The second-order valence-electron chi connectivity index (χ2n) is 7.36. The maximum Gasteiger partial charge on any atom is 0.352 e. The first-order chi connectivity index (χ1) is 14.1. The van der Waals surface area contributed by atoms with Gasteiger partial charge in [-0.2, -0.15) is 0 Å². The van der Waals surface area contributed by atoms with E-state index in [0.717, 1.165) is 64.9 Å². The lowest BCUT2D eigenvalue weighted by atomic mass is 9.90. The summed E-state index contributed by atoms with van der Waals surface area (Å²) >= 11 is 0. The molecule has 6 heteroatoms. The number of aromatic nitrogens is 2. The third-order valence-corrected chi connectivity index (χ3v) is 5.67. The molecule has 0 spiro atoms. The Morgan fingerprint density at radius 2 is 1.83 bits per heavy atom. The number of hydrogen-bond donors (Lipinski definition) is 3. The molecule has 1 aliphatic carbocycles. The van der Waals surface area contributed by atoms with Crippen molar-refractivity contribution in [2.45, 2.75) is 25.7 Å². The molecule has 0 atom stereocenters. The highest BCUT2D eigenvalue weighted by Gasteiger charge is 2.29. The predicted molar refractivity (Wildman–Crippen MR) is 111 cm³/mol. The fourth-order valence-electron chi connectivity index (χ4n) is 4.37. The van der Waals surface area contributed by atoms with Crippen molar-refractivity contribution < 1.29 is 14.7 Å². The number of carbonyl (C=O) groups excluding carboxylic acids is 1. The minimum absolute atomic E-state index is 0.183. The number of aromatic amines is 1. The molecule has 1 amide bonds. The molecule has 1 aromatic carbocycles. The molecule has 29 heavy (non-hydrogen) atoms. The topological polar surface area (TPSA) is 95.1 Å². The number of aromatic carboxylic acids is 1. The van der Waals surface area contributed by atoms with Gasteiger partial charge in [-0.1, -0.05) is 12.1 Å². The Labute approximate surface area is 167 Å². The molecule has 0 unspecified atom stereocenters. The van der Waals surface area contributed by atoms with Crippen molar-refractivity contribution >= 4 is 29.2 Å². The van der Waals surface area contributed by atoms with Gasteiger partial charge in [0.2, 0.25) is 0 Å². The van der Waals surface area contributed by atoms with Gasteiger partial charge < -0.3 is 15.4 Å². The molecule has 144 valence electrons. The first kappa shape index (κ1) is 17.4. The van der Waals surface area contributed by atoms with Crippen LogP contribution in [-0.2, 0) is 17.6 Å². The molecule has 3 heterocycles. The van der Waals surface area contributed by atoms with E-state index in [0.29, 0.717) is 5.57 Å². The second-order valence-corrected chi connectivity index (χ2v) is 7.36. The van der Waals surface area contributed by atoms with Crippen molar-refractivity contribution in [1.82, 2.24) is 9.97 Å². The zero-order chi connectivity index (χ0) is 20.0. The summed E-state index contributed by atoms with van der Waals surface area (Å²) in [6.45, 7) is 0. The summed E-state index contributed by atoms with van der Waals surface area (Å²) in [5.74, 6) is -1.14. The molecule has 3 N–H and O–H groups in total. The van der Waals surface area contributed by atoms with E-state index in [1.807, 2.05) is 36.4 Å². The molecule has 0 fully saturated rings. The highest BCUT2D eigenvalue weighted by Crippen LogP contribution is 2.41. The van der Waals surface area contributed by atoms with Crippen LogP contribution < -0.4 is 5.32 Å². The normalized spacial score (nSPS) is 16.4. The van der Waals surface area contributed by atoms with E-state index in [-0.39, 0.29) is 11.6 Å². The van der Waals surface area contributed by atoms with Crippen LogP contribution in [0.5, 0.6) is 0 Å². The zero-order valence-electron chi connectivity index (χ0n) is 15.7. The molecule has 3 aromatic rings. The molecule has 5 rings (SSSR count). The van der Waals surface area contributed by atoms with E-state index in [1.54, 1.807) is 12.4 Å². The molecule has 2 aromatic heterocycles. The van der Waals surface area contributed by atoms with Crippen molar-refractivity contribution in [2.24, 2.45) is 0 Å². The number of carboxylic acids is 1. The number of hydrogen-bond acceptors (Lipinski definition) is 3.